The zero-order chi connectivity index (χ0) is 24.9. The second kappa shape index (κ2) is 11.2. The first-order valence-electron chi connectivity index (χ1n) is 10.7. The zero-order valence-corrected chi connectivity index (χ0v) is 21.0. The summed E-state index contributed by atoms with van der Waals surface area (Å²) in [5, 5.41) is 14.7. The fourth-order valence-corrected chi connectivity index (χ4v) is 4.87. The van der Waals surface area contributed by atoms with E-state index in [0.29, 0.717) is 35.3 Å². The number of halogens is 2. The van der Waals surface area contributed by atoms with E-state index in [2.05, 4.69) is 26.2 Å². The molecule has 1 fully saturated rings. The molecule has 1 saturated heterocycles. The number of nitrogens with one attached hydrogen (secondary N) is 1. The maximum absolute atomic E-state index is 14.5. The maximum Gasteiger partial charge on any atom is 0.507 e. The second-order valence-electron chi connectivity index (χ2n) is 7.48. The lowest BCUT2D eigenvalue weighted by atomic mass is 9.95. The highest BCUT2D eigenvalue weighted by Gasteiger charge is 2.36. The highest BCUT2D eigenvalue weighted by Crippen LogP contribution is 2.37. The molecule has 4 rings (SSSR count). The van der Waals surface area contributed by atoms with Crippen molar-refractivity contribution in [3.8, 4) is 0 Å². The van der Waals surface area contributed by atoms with Crippen molar-refractivity contribution in [1.82, 2.24) is 15.2 Å². The summed E-state index contributed by atoms with van der Waals surface area (Å²) in [5.74, 6) is -0.727. The van der Waals surface area contributed by atoms with E-state index < -0.39 is 30.2 Å². The van der Waals surface area contributed by atoms with E-state index in [0.717, 1.165) is 0 Å². The van der Waals surface area contributed by atoms with Crippen LogP contribution < -0.4 is 5.32 Å². The Balaban J connectivity index is 1.82. The van der Waals surface area contributed by atoms with Crippen LogP contribution in [0.25, 0.3) is 0 Å². The number of ether oxygens (including phenoxy) is 3. The van der Waals surface area contributed by atoms with Crippen LogP contribution in [0.5, 0.6) is 0 Å². The number of carboxylic acid groups (broad SMARTS) is 1. The number of carbonyl (C=O) groups excluding carboxylic acids is 1. The molecule has 0 radical (unpaired) electrons. The van der Waals surface area contributed by atoms with Gasteiger partial charge in [0.05, 0.1) is 29.9 Å². The number of aromatic nitrogens is 1. The summed E-state index contributed by atoms with van der Waals surface area (Å²) in [4.78, 5) is 35.2. The van der Waals surface area contributed by atoms with Crippen LogP contribution in [0.2, 0.25) is 0 Å². The number of nitrogens with zero attached hydrogens (tertiary/aromatic N) is 3. The van der Waals surface area contributed by atoms with Crippen molar-refractivity contribution < 1.29 is 33.3 Å². The van der Waals surface area contributed by atoms with Crippen molar-refractivity contribution in [2.45, 2.75) is 19.2 Å². The first-order valence-corrected chi connectivity index (χ1v) is 12.4. The summed E-state index contributed by atoms with van der Waals surface area (Å²) in [6, 6.07) is 3.61. The normalized spacial score (nSPS) is 20.7. The molecular formula is C22H22BrFN4O6S. The lowest BCUT2D eigenvalue weighted by molar-refractivity contribution is -0.139. The molecule has 1 aromatic heterocycles. The Bertz CT molecular complexity index is 1160. The Hall–Kier alpha value is -2.87. The molecule has 35 heavy (non-hydrogen) atoms. The van der Waals surface area contributed by atoms with Crippen molar-refractivity contribution in [2.75, 3.05) is 32.9 Å². The predicted molar refractivity (Wildman–Crippen MR) is 128 cm³/mol. The Morgan fingerprint density at radius 3 is 2.97 bits per heavy atom. The van der Waals surface area contributed by atoms with Gasteiger partial charge in [-0.3, -0.25) is 9.89 Å². The minimum atomic E-state index is -1.44. The average Bonchev–Trinajstić information content (AvgIpc) is 3.37. The molecule has 0 saturated carbocycles. The highest BCUT2D eigenvalue weighted by molar-refractivity contribution is 9.10. The molecule has 2 atom stereocenters. The van der Waals surface area contributed by atoms with Crippen LogP contribution in [0.1, 0.15) is 23.5 Å². The Labute approximate surface area is 212 Å². The molecule has 186 valence electrons. The molecule has 10 nitrogen and oxygen atoms in total. The monoisotopic (exact) mass is 568 g/mol. The first-order chi connectivity index (χ1) is 16.9. The average molecular weight is 569 g/mol. The highest BCUT2D eigenvalue weighted by atomic mass is 79.9. The largest absolute Gasteiger partial charge is 0.507 e. The minimum absolute atomic E-state index is 0.0423. The third kappa shape index (κ3) is 5.69. The number of benzene rings is 1. The standard InChI is InChI=1S/C22H22BrFN4O6S/c1-2-33-21(29)16-14(10-28-7-8-32-11-15(28)34-22(30)31)26-19(20-25-6-9-35-20)27-18(16)12-4-3-5-13(24)17(12)23/h3-6,9,15,18H,2,7-8,10-11H2,1H3,(H,26,27)(H,30,31)/t15-,18-/m0/s1. The zero-order valence-electron chi connectivity index (χ0n) is 18.6. The molecule has 2 N–H and O–H groups in total. The van der Waals surface area contributed by atoms with Crippen molar-refractivity contribution in [2.24, 2.45) is 4.99 Å². The molecule has 0 spiro atoms. The molecule has 2 aromatic rings. The maximum atomic E-state index is 14.5. The molecule has 3 heterocycles. The van der Waals surface area contributed by atoms with Crippen LogP contribution in [0, 0.1) is 5.82 Å². The van der Waals surface area contributed by atoms with Gasteiger partial charge in [0.1, 0.15) is 11.9 Å². The third-order valence-corrected chi connectivity index (χ3v) is 6.94. The summed E-state index contributed by atoms with van der Waals surface area (Å²) in [7, 11) is 0. The summed E-state index contributed by atoms with van der Waals surface area (Å²) in [6.07, 6.45) is -0.686. The number of esters is 1. The Kier molecular flexibility index (Phi) is 8.11. The fourth-order valence-electron chi connectivity index (χ4n) is 3.80. The SMILES string of the molecule is CCOC(=O)C1=C(CN2CCOC[C@@H]2OC(=O)O)NC(c2nccs2)=N[C@H]1c1cccc(F)c1Br. The minimum Gasteiger partial charge on any atom is -0.463 e. The van der Waals surface area contributed by atoms with Gasteiger partial charge < -0.3 is 24.6 Å². The van der Waals surface area contributed by atoms with E-state index in [1.165, 1.54) is 23.5 Å². The lowest BCUT2D eigenvalue weighted by Gasteiger charge is -2.36. The Morgan fingerprint density at radius 2 is 2.26 bits per heavy atom. The van der Waals surface area contributed by atoms with E-state index in [1.54, 1.807) is 29.5 Å². The van der Waals surface area contributed by atoms with Crippen molar-refractivity contribution in [3.05, 3.63) is 61.9 Å². The molecule has 0 bridgehead atoms. The number of hydrogen-bond acceptors (Lipinski definition) is 10. The van der Waals surface area contributed by atoms with Crippen LogP contribution in [0.15, 0.2) is 50.5 Å². The van der Waals surface area contributed by atoms with E-state index >= 15 is 0 Å². The molecule has 1 aromatic carbocycles. The first kappa shape index (κ1) is 25.2. The number of amidine groups is 1. The molecule has 0 amide bonds. The summed E-state index contributed by atoms with van der Waals surface area (Å²) < 4.78 is 30.4. The molecule has 0 unspecified atom stereocenters. The lowest BCUT2D eigenvalue weighted by Crippen LogP contribution is -2.50. The van der Waals surface area contributed by atoms with Crippen molar-refractivity contribution in [3.63, 3.8) is 0 Å². The number of thiazole rings is 1. The van der Waals surface area contributed by atoms with Crippen LogP contribution in [0.3, 0.4) is 0 Å². The van der Waals surface area contributed by atoms with Gasteiger partial charge in [-0.25, -0.2) is 19.0 Å². The van der Waals surface area contributed by atoms with Gasteiger partial charge >= 0.3 is 12.1 Å². The number of rotatable bonds is 7. The quantitative estimate of drug-likeness (QED) is 0.484. The van der Waals surface area contributed by atoms with Gasteiger partial charge in [-0.1, -0.05) is 12.1 Å². The topological polar surface area (TPSA) is 123 Å². The van der Waals surface area contributed by atoms with E-state index in [-0.39, 0.29) is 29.8 Å². The van der Waals surface area contributed by atoms with E-state index in [9.17, 15) is 14.0 Å². The smallest absolute Gasteiger partial charge is 0.463 e. The molecule has 0 aliphatic carbocycles. The number of hydrogen-bond donors (Lipinski definition) is 2. The second-order valence-corrected chi connectivity index (χ2v) is 9.17. The Morgan fingerprint density at radius 1 is 1.43 bits per heavy atom. The van der Waals surface area contributed by atoms with Gasteiger partial charge in [-0.15, -0.1) is 11.3 Å². The van der Waals surface area contributed by atoms with E-state index in [4.69, 9.17) is 24.3 Å². The number of carbonyl (C=O) groups is 2. The van der Waals surface area contributed by atoms with Crippen molar-refractivity contribution in [1.29, 1.82) is 0 Å². The number of morpholine rings is 1. The fraction of sp³-hybridized carbons (Fsp3) is 0.364. The number of aliphatic imine (C=N–C) groups is 1. The predicted octanol–water partition coefficient (Wildman–Crippen LogP) is 3.31. The third-order valence-electron chi connectivity index (χ3n) is 5.32. The summed E-state index contributed by atoms with van der Waals surface area (Å²) in [5.41, 5.74) is 1.03. The summed E-state index contributed by atoms with van der Waals surface area (Å²) in [6.45, 7) is 2.66. The van der Waals surface area contributed by atoms with Gasteiger partial charge in [0, 0.05) is 30.4 Å². The molecular weight excluding hydrogens is 547 g/mol. The summed E-state index contributed by atoms with van der Waals surface area (Å²) >= 11 is 4.64. The molecule has 2 aliphatic heterocycles. The van der Waals surface area contributed by atoms with Crippen molar-refractivity contribution >= 4 is 45.2 Å². The van der Waals surface area contributed by atoms with Crippen LogP contribution in [0.4, 0.5) is 9.18 Å². The van der Waals surface area contributed by atoms with Gasteiger partial charge in [0.25, 0.3) is 0 Å². The van der Waals surface area contributed by atoms with Gasteiger partial charge in [-0.2, -0.15) is 0 Å². The molecule has 13 heteroatoms. The van der Waals surface area contributed by atoms with Gasteiger partial charge in [0.15, 0.2) is 17.1 Å². The van der Waals surface area contributed by atoms with Crippen LogP contribution in [-0.4, -0.2) is 72.1 Å². The van der Waals surface area contributed by atoms with Gasteiger partial charge in [0.2, 0.25) is 0 Å². The van der Waals surface area contributed by atoms with Gasteiger partial charge in [-0.05, 0) is 34.5 Å². The van der Waals surface area contributed by atoms with Crippen LogP contribution >= 0.6 is 27.3 Å². The van der Waals surface area contributed by atoms with Crippen LogP contribution in [-0.2, 0) is 19.0 Å². The molecule has 2 aliphatic rings. The van der Waals surface area contributed by atoms with E-state index in [1.807, 2.05) is 0 Å².